The first-order valence-electron chi connectivity index (χ1n) is 3.06. The van der Waals surface area contributed by atoms with Crippen LogP contribution >= 0.6 is 0 Å². The molecular formula is C6H11N2O. The molecule has 0 aliphatic carbocycles. The lowest BCUT2D eigenvalue weighted by Gasteiger charge is -2.10. The highest BCUT2D eigenvalue weighted by Crippen LogP contribution is 2.15. The molecule has 1 aliphatic rings. The molecule has 2 N–H and O–H groups in total. The van der Waals surface area contributed by atoms with Crippen LogP contribution in [0, 0.1) is 5.92 Å². The van der Waals surface area contributed by atoms with Gasteiger partial charge in [0.2, 0.25) is 0 Å². The van der Waals surface area contributed by atoms with Crippen molar-refractivity contribution in [2.75, 3.05) is 13.1 Å². The molecule has 3 nitrogen and oxygen atoms in total. The molecule has 9 heavy (non-hydrogen) atoms. The van der Waals surface area contributed by atoms with Gasteiger partial charge in [-0.3, -0.25) is 0 Å². The number of carbonyl (C=O) groups excluding carboxylic acids is 1. The highest BCUT2D eigenvalue weighted by Gasteiger charge is 2.20. The number of nitrogens with zero attached hydrogens (tertiary/aromatic N) is 1. The van der Waals surface area contributed by atoms with Crippen LogP contribution in [0.25, 0.3) is 0 Å². The molecule has 1 saturated heterocycles. The Kier molecular flexibility index (Phi) is 1.60. The third-order valence-electron chi connectivity index (χ3n) is 1.58. The fraction of sp³-hybridized carbons (Fsp3) is 0.667. The van der Waals surface area contributed by atoms with Crippen LogP contribution in [0.1, 0.15) is 13.3 Å². The number of carbonyl (C=O) groups is 1. The van der Waals surface area contributed by atoms with Crippen LogP contribution < -0.4 is 5.73 Å². The average Bonchev–Trinajstić information content (AvgIpc) is 2.14. The topological polar surface area (TPSA) is 46.3 Å². The summed E-state index contributed by atoms with van der Waals surface area (Å²) in [4.78, 5) is 12.1. The van der Waals surface area contributed by atoms with E-state index in [-0.39, 0.29) is 6.03 Å². The summed E-state index contributed by atoms with van der Waals surface area (Å²) in [5.41, 5.74) is 5.03. The van der Waals surface area contributed by atoms with Crippen molar-refractivity contribution < 1.29 is 4.79 Å². The van der Waals surface area contributed by atoms with Crippen LogP contribution in [0.5, 0.6) is 0 Å². The van der Waals surface area contributed by atoms with Gasteiger partial charge in [-0.1, -0.05) is 6.92 Å². The average molecular weight is 127 g/mol. The number of nitrogens with two attached hydrogens (primary N) is 1. The second-order valence-electron chi connectivity index (χ2n) is 2.47. The Morgan fingerprint density at radius 3 is 2.67 bits per heavy atom. The maximum Gasteiger partial charge on any atom is 0.314 e. The number of amides is 2. The molecule has 0 saturated carbocycles. The van der Waals surface area contributed by atoms with Gasteiger partial charge in [0.1, 0.15) is 0 Å². The van der Waals surface area contributed by atoms with Crippen molar-refractivity contribution in [3.63, 3.8) is 0 Å². The van der Waals surface area contributed by atoms with Gasteiger partial charge in [0.15, 0.2) is 0 Å². The van der Waals surface area contributed by atoms with E-state index >= 15 is 0 Å². The van der Waals surface area contributed by atoms with Gasteiger partial charge in [0.25, 0.3) is 0 Å². The molecule has 1 rings (SSSR count). The monoisotopic (exact) mass is 127 g/mol. The van der Waals surface area contributed by atoms with Gasteiger partial charge >= 0.3 is 6.03 Å². The van der Waals surface area contributed by atoms with E-state index in [2.05, 4.69) is 0 Å². The Bertz CT molecular complexity index is 124. The van der Waals surface area contributed by atoms with Gasteiger partial charge in [0, 0.05) is 13.1 Å². The smallest absolute Gasteiger partial charge is 0.314 e. The van der Waals surface area contributed by atoms with Crippen molar-refractivity contribution in [2.24, 2.45) is 5.73 Å². The largest absolute Gasteiger partial charge is 0.351 e. The quantitative estimate of drug-likeness (QED) is 0.502. The number of likely N-dealkylation sites (tertiary alicyclic amines) is 1. The molecule has 1 aliphatic heterocycles. The number of urea groups is 1. The molecular weight excluding hydrogens is 116 g/mol. The summed E-state index contributed by atoms with van der Waals surface area (Å²) in [5, 5.41) is 0. The predicted octanol–water partition coefficient (Wildman–Crippen LogP) is 0.365. The maximum atomic E-state index is 10.5. The van der Waals surface area contributed by atoms with Gasteiger partial charge < -0.3 is 10.6 Å². The van der Waals surface area contributed by atoms with Gasteiger partial charge in [-0.05, 0) is 12.3 Å². The van der Waals surface area contributed by atoms with Crippen molar-refractivity contribution >= 4 is 6.03 Å². The SMILES string of the molecule is C[C]1CCN(C(N)=O)C1. The van der Waals surface area contributed by atoms with E-state index in [9.17, 15) is 4.79 Å². The lowest BCUT2D eigenvalue weighted by Crippen LogP contribution is -2.33. The summed E-state index contributed by atoms with van der Waals surface area (Å²) in [6.07, 6.45) is 1.02. The van der Waals surface area contributed by atoms with Crippen LogP contribution in [-0.4, -0.2) is 24.0 Å². The summed E-state index contributed by atoms with van der Waals surface area (Å²) < 4.78 is 0. The Balaban J connectivity index is 2.39. The van der Waals surface area contributed by atoms with Gasteiger partial charge in [-0.15, -0.1) is 0 Å². The Hall–Kier alpha value is -0.730. The zero-order chi connectivity index (χ0) is 6.85. The van der Waals surface area contributed by atoms with Crippen molar-refractivity contribution in [3.05, 3.63) is 5.92 Å². The van der Waals surface area contributed by atoms with E-state index in [1.165, 1.54) is 5.92 Å². The van der Waals surface area contributed by atoms with Crippen LogP contribution in [-0.2, 0) is 0 Å². The second kappa shape index (κ2) is 2.25. The minimum Gasteiger partial charge on any atom is -0.351 e. The highest BCUT2D eigenvalue weighted by atomic mass is 16.2. The molecule has 3 heteroatoms. The summed E-state index contributed by atoms with van der Waals surface area (Å²) in [5.74, 6) is 1.34. The van der Waals surface area contributed by atoms with Gasteiger partial charge in [-0.25, -0.2) is 4.79 Å². The summed E-state index contributed by atoms with van der Waals surface area (Å²) >= 11 is 0. The summed E-state index contributed by atoms with van der Waals surface area (Å²) in [6, 6.07) is -0.299. The Morgan fingerprint density at radius 2 is 2.44 bits per heavy atom. The maximum absolute atomic E-state index is 10.5. The van der Waals surface area contributed by atoms with Gasteiger partial charge in [0.05, 0.1) is 0 Å². The predicted molar refractivity (Wildman–Crippen MR) is 34.7 cm³/mol. The van der Waals surface area contributed by atoms with E-state index in [0.717, 1.165) is 19.5 Å². The van der Waals surface area contributed by atoms with Crippen molar-refractivity contribution in [1.29, 1.82) is 0 Å². The molecule has 1 fully saturated rings. The molecule has 0 atom stereocenters. The third-order valence-corrected chi connectivity index (χ3v) is 1.58. The van der Waals surface area contributed by atoms with E-state index in [1.807, 2.05) is 6.92 Å². The summed E-state index contributed by atoms with van der Waals surface area (Å²) in [6.45, 7) is 3.61. The van der Waals surface area contributed by atoms with E-state index in [4.69, 9.17) is 5.73 Å². The lowest BCUT2D eigenvalue weighted by molar-refractivity contribution is 0.219. The molecule has 0 aromatic carbocycles. The second-order valence-corrected chi connectivity index (χ2v) is 2.47. The van der Waals surface area contributed by atoms with Crippen LogP contribution in [0.3, 0.4) is 0 Å². The normalized spacial score (nSPS) is 20.8. The van der Waals surface area contributed by atoms with Crippen LogP contribution in [0.15, 0.2) is 0 Å². The number of rotatable bonds is 0. The molecule has 0 spiro atoms. The van der Waals surface area contributed by atoms with E-state index in [0.29, 0.717) is 0 Å². The van der Waals surface area contributed by atoms with Crippen LogP contribution in [0.2, 0.25) is 0 Å². The lowest BCUT2D eigenvalue weighted by atomic mass is 10.2. The molecule has 1 radical (unpaired) electrons. The minimum atomic E-state index is -0.299. The Morgan fingerprint density at radius 1 is 1.78 bits per heavy atom. The van der Waals surface area contributed by atoms with Gasteiger partial charge in [-0.2, -0.15) is 0 Å². The fourth-order valence-electron chi connectivity index (χ4n) is 0.998. The first-order chi connectivity index (χ1) is 4.20. The minimum absolute atomic E-state index is 0.299. The highest BCUT2D eigenvalue weighted by molar-refractivity contribution is 5.72. The number of hydrogen-bond acceptors (Lipinski definition) is 1. The first kappa shape index (κ1) is 6.39. The van der Waals surface area contributed by atoms with Crippen LogP contribution in [0.4, 0.5) is 4.79 Å². The molecule has 0 aromatic rings. The number of primary amides is 1. The number of hydrogen-bond donors (Lipinski definition) is 1. The molecule has 0 aromatic heterocycles. The molecule has 51 valence electrons. The molecule has 1 heterocycles. The van der Waals surface area contributed by atoms with Crippen molar-refractivity contribution in [2.45, 2.75) is 13.3 Å². The van der Waals surface area contributed by atoms with E-state index < -0.39 is 0 Å². The Labute approximate surface area is 54.8 Å². The standard InChI is InChI=1S/C6H11N2O/c1-5-2-3-8(4-5)6(7)9/h2-4H2,1H3,(H2,7,9). The van der Waals surface area contributed by atoms with Crippen molar-refractivity contribution in [3.8, 4) is 0 Å². The summed E-state index contributed by atoms with van der Waals surface area (Å²) in [7, 11) is 0. The molecule has 2 amide bonds. The zero-order valence-corrected chi connectivity index (χ0v) is 5.55. The van der Waals surface area contributed by atoms with Crippen molar-refractivity contribution in [1.82, 2.24) is 4.90 Å². The first-order valence-corrected chi connectivity index (χ1v) is 3.06. The zero-order valence-electron chi connectivity index (χ0n) is 5.55. The molecule has 0 bridgehead atoms. The fourth-order valence-corrected chi connectivity index (χ4v) is 0.998. The molecule has 0 unspecified atom stereocenters. The van der Waals surface area contributed by atoms with E-state index in [1.54, 1.807) is 4.90 Å². The third kappa shape index (κ3) is 1.34.